The monoisotopic (exact) mass is 285 g/mol. The number of rotatable bonds is 12. The van der Waals surface area contributed by atoms with Crippen LogP contribution in [-0.4, -0.2) is 17.5 Å². The average Bonchev–Trinajstić information content (AvgIpc) is 2.26. The van der Waals surface area contributed by atoms with Crippen LogP contribution in [0.15, 0.2) is 0 Å². The molecule has 0 amide bonds. The van der Waals surface area contributed by atoms with Crippen LogP contribution in [0.5, 0.6) is 0 Å². The molecule has 0 aromatic carbocycles. The van der Waals surface area contributed by atoms with Crippen molar-refractivity contribution in [3.63, 3.8) is 0 Å². The highest BCUT2D eigenvalue weighted by Gasteiger charge is 1.92. The summed E-state index contributed by atoms with van der Waals surface area (Å²) < 4.78 is 0. The molecule has 0 spiro atoms. The highest BCUT2D eigenvalue weighted by molar-refractivity contribution is 4.47. The minimum absolute atomic E-state index is 0. The molecule has 0 aliphatic carbocycles. The smallest absolute Gasteiger partial charge is 0.0739 e. The third-order valence-electron chi connectivity index (χ3n) is 3.10. The van der Waals surface area contributed by atoms with E-state index in [4.69, 9.17) is 0 Å². The van der Waals surface area contributed by atoms with Crippen LogP contribution in [0.1, 0.15) is 84.0 Å². The van der Waals surface area contributed by atoms with Crippen molar-refractivity contribution < 1.29 is 29.1 Å². The lowest BCUT2D eigenvalue weighted by Gasteiger charge is -2.01. The quantitative estimate of drug-likeness (QED) is 0.459. The molecule has 0 bridgehead atoms. The zero-order valence-electron chi connectivity index (χ0n) is 12.3. The standard InChI is InChI=1S/C14H31N.ClH.2H2O/c1-2-3-4-5-6-7-8-9-10-11-12-13-14-15;;;/h2-15H2,1H3;1H;2*1H2. The molecule has 0 aromatic rings. The Morgan fingerprint density at radius 3 is 1.11 bits per heavy atom. The number of hydrogen-bond donors (Lipinski definition) is 1. The molecule has 0 aromatic heterocycles. The zero-order chi connectivity index (χ0) is 11.2. The molecule has 116 valence electrons. The second kappa shape index (κ2) is 25.9. The topological polar surface area (TPSA) is 90.6 Å². The lowest BCUT2D eigenvalue weighted by Crippen LogP contribution is -3.00. The van der Waals surface area contributed by atoms with Gasteiger partial charge < -0.3 is 29.1 Å². The Balaban J connectivity index is -0.000000327. The number of quaternary nitrogens is 1. The average molecular weight is 286 g/mol. The molecule has 0 aliphatic heterocycles. The normalized spacial score (nSPS) is 9.00. The van der Waals surface area contributed by atoms with Crippen LogP contribution < -0.4 is 18.1 Å². The summed E-state index contributed by atoms with van der Waals surface area (Å²) in [6, 6.07) is 0. The van der Waals surface area contributed by atoms with E-state index in [1.807, 2.05) is 0 Å². The van der Waals surface area contributed by atoms with E-state index in [0.717, 1.165) is 6.54 Å². The van der Waals surface area contributed by atoms with Gasteiger partial charge in [0.1, 0.15) is 0 Å². The Kier molecular flexibility index (Phi) is 38.4. The molecular formula is C14H36ClNO2. The van der Waals surface area contributed by atoms with Crippen molar-refractivity contribution in [2.75, 3.05) is 6.54 Å². The summed E-state index contributed by atoms with van der Waals surface area (Å²) in [5.41, 5.74) is 3.87. The highest BCUT2D eigenvalue weighted by Crippen LogP contribution is 2.11. The van der Waals surface area contributed by atoms with Gasteiger partial charge in [0.2, 0.25) is 0 Å². The van der Waals surface area contributed by atoms with Gasteiger partial charge in [-0.2, -0.15) is 0 Å². The summed E-state index contributed by atoms with van der Waals surface area (Å²) in [6.45, 7) is 3.41. The van der Waals surface area contributed by atoms with Crippen LogP contribution in [0.4, 0.5) is 0 Å². The SMILES string of the molecule is CCCCCCCCCCCCCC[NH3+].O.O.[Cl-]. The molecule has 0 saturated heterocycles. The van der Waals surface area contributed by atoms with Crippen LogP contribution in [0.2, 0.25) is 0 Å². The van der Waals surface area contributed by atoms with Gasteiger partial charge in [-0.1, -0.05) is 71.1 Å². The van der Waals surface area contributed by atoms with Crippen molar-refractivity contribution >= 4 is 0 Å². The lowest BCUT2D eigenvalue weighted by molar-refractivity contribution is -0.368. The van der Waals surface area contributed by atoms with E-state index in [1.165, 1.54) is 77.0 Å². The fourth-order valence-electron chi connectivity index (χ4n) is 2.02. The molecular weight excluding hydrogens is 250 g/mol. The van der Waals surface area contributed by atoms with E-state index in [1.54, 1.807) is 0 Å². The van der Waals surface area contributed by atoms with E-state index in [2.05, 4.69) is 12.7 Å². The zero-order valence-corrected chi connectivity index (χ0v) is 13.0. The van der Waals surface area contributed by atoms with Crippen molar-refractivity contribution in [2.24, 2.45) is 0 Å². The summed E-state index contributed by atoms with van der Waals surface area (Å²) >= 11 is 0. The highest BCUT2D eigenvalue weighted by atomic mass is 35.5. The summed E-state index contributed by atoms with van der Waals surface area (Å²) in [4.78, 5) is 0. The van der Waals surface area contributed by atoms with Gasteiger partial charge in [-0.25, -0.2) is 0 Å². The van der Waals surface area contributed by atoms with Gasteiger partial charge >= 0.3 is 0 Å². The molecule has 0 radical (unpaired) electrons. The second-order valence-electron chi connectivity index (χ2n) is 4.74. The maximum Gasteiger partial charge on any atom is 0.0739 e. The van der Waals surface area contributed by atoms with Crippen molar-refractivity contribution in [1.82, 2.24) is 0 Å². The van der Waals surface area contributed by atoms with Crippen molar-refractivity contribution in [1.29, 1.82) is 0 Å². The van der Waals surface area contributed by atoms with E-state index in [-0.39, 0.29) is 23.4 Å². The number of unbranched alkanes of at least 4 members (excludes halogenated alkanes) is 11. The second-order valence-corrected chi connectivity index (χ2v) is 4.74. The van der Waals surface area contributed by atoms with Crippen LogP contribution >= 0.6 is 0 Å². The van der Waals surface area contributed by atoms with Crippen LogP contribution in [0.25, 0.3) is 0 Å². The van der Waals surface area contributed by atoms with Gasteiger partial charge in [-0.05, 0) is 12.8 Å². The summed E-state index contributed by atoms with van der Waals surface area (Å²) in [7, 11) is 0. The van der Waals surface area contributed by atoms with E-state index in [9.17, 15) is 0 Å². The van der Waals surface area contributed by atoms with Crippen molar-refractivity contribution in [2.45, 2.75) is 84.0 Å². The Hall–Kier alpha value is 0.170. The molecule has 0 atom stereocenters. The maximum absolute atomic E-state index is 3.87. The largest absolute Gasteiger partial charge is 1.00 e. The van der Waals surface area contributed by atoms with Gasteiger partial charge in [0, 0.05) is 0 Å². The molecule has 0 fully saturated rings. The van der Waals surface area contributed by atoms with E-state index < -0.39 is 0 Å². The molecule has 4 heteroatoms. The first-order valence-electron chi connectivity index (χ1n) is 7.21. The Bertz CT molecular complexity index is 104. The number of halogens is 1. The molecule has 0 heterocycles. The van der Waals surface area contributed by atoms with Crippen LogP contribution in [0, 0.1) is 0 Å². The summed E-state index contributed by atoms with van der Waals surface area (Å²) in [5.74, 6) is 0. The summed E-state index contributed by atoms with van der Waals surface area (Å²) in [6.07, 6.45) is 17.2. The predicted molar refractivity (Wildman–Crippen MR) is 76.1 cm³/mol. The minimum atomic E-state index is 0. The molecule has 3 nitrogen and oxygen atoms in total. The van der Waals surface area contributed by atoms with Crippen LogP contribution in [0.3, 0.4) is 0 Å². The van der Waals surface area contributed by atoms with Crippen molar-refractivity contribution in [3.05, 3.63) is 0 Å². The molecule has 0 saturated carbocycles. The Labute approximate surface area is 120 Å². The maximum atomic E-state index is 3.87. The predicted octanol–water partition coefficient (Wildman–Crippen LogP) is -0.716. The Morgan fingerprint density at radius 1 is 0.556 bits per heavy atom. The first-order chi connectivity index (χ1) is 7.41. The molecule has 0 unspecified atom stereocenters. The molecule has 7 N–H and O–H groups in total. The Morgan fingerprint density at radius 2 is 0.833 bits per heavy atom. The van der Waals surface area contributed by atoms with Gasteiger partial charge in [-0.15, -0.1) is 0 Å². The van der Waals surface area contributed by atoms with E-state index in [0.29, 0.717) is 0 Å². The van der Waals surface area contributed by atoms with Gasteiger partial charge in [-0.3, -0.25) is 0 Å². The third-order valence-corrected chi connectivity index (χ3v) is 3.10. The van der Waals surface area contributed by atoms with Crippen molar-refractivity contribution in [3.8, 4) is 0 Å². The third kappa shape index (κ3) is 25.1. The minimum Gasteiger partial charge on any atom is -1.00 e. The summed E-state index contributed by atoms with van der Waals surface area (Å²) in [5, 5.41) is 0. The fourth-order valence-corrected chi connectivity index (χ4v) is 2.02. The van der Waals surface area contributed by atoms with E-state index >= 15 is 0 Å². The lowest BCUT2D eigenvalue weighted by atomic mass is 10.1. The number of hydrogen-bond acceptors (Lipinski definition) is 0. The van der Waals surface area contributed by atoms with Crippen LogP contribution in [-0.2, 0) is 0 Å². The van der Waals surface area contributed by atoms with Gasteiger partial charge in [0.05, 0.1) is 6.54 Å². The van der Waals surface area contributed by atoms with Gasteiger partial charge in [0.25, 0.3) is 0 Å². The molecule has 0 aliphatic rings. The first-order valence-corrected chi connectivity index (χ1v) is 7.21. The first kappa shape index (κ1) is 26.7. The van der Waals surface area contributed by atoms with Gasteiger partial charge in [0.15, 0.2) is 0 Å². The fraction of sp³-hybridized carbons (Fsp3) is 1.00. The molecule has 18 heavy (non-hydrogen) atoms. The molecule has 0 rings (SSSR count).